The summed E-state index contributed by atoms with van der Waals surface area (Å²) in [7, 11) is 0. The fourth-order valence-corrected chi connectivity index (χ4v) is 7.83. The van der Waals surface area contributed by atoms with Crippen molar-refractivity contribution in [2.45, 2.75) is 19.8 Å². The highest BCUT2D eigenvalue weighted by molar-refractivity contribution is 6.18. The number of fused-ring (bicyclic) bond motifs is 6. The van der Waals surface area contributed by atoms with Crippen molar-refractivity contribution < 1.29 is 43.6 Å². The Kier molecular flexibility index (Phi) is 13.5. The molecule has 0 aliphatic carbocycles. The Labute approximate surface area is 368 Å². The van der Waals surface area contributed by atoms with Crippen LogP contribution in [-0.2, 0) is 48.4 Å². The van der Waals surface area contributed by atoms with E-state index in [0.29, 0.717) is 10.8 Å². The fraction of sp³-hybridized carbons (Fsp3) is 0.0545. The van der Waals surface area contributed by atoms with Crippen molar-refractivity contribution in [3.8, 4) is 5.75 Å². The van der Waals surface area contributed by atoms with Gasteiger partial charge < -0.3 is 24.4 Å². The average molecular weight is 847 g/mol. The van der Waals surface area contributed by atoms with Crippen LogP contribution in [0.1, 0.15) is 27.0 Å². The molecule has 0 saturated carbocycles. The molecule has 9 nitrogen and oxygen atoms in total. The second-order valence-electron chi connectivity index (χ2n) is 14.4. The molecule has 0 atom stereocenters. The lowest BCUT2D eigenvalue weighted by Crippen LogP contribution is -2.05. The van der Waals surface area contributed by atoms with Gasteiger partial charge in [-0.25, -0.2) is 19.2 Å². The van der Waals surface area contributed by atoms with Gasteiger partial charge in [0.25, 0.3) is 0 Å². The molecule has 9 heteroatoms. The summed E-state index contributed by atoms with van der Waals surface area (Å²) in [6, 6.07) is 48.0. The maximum atomic E-state index is 11.8. The van der Waals surface area contributed by atoms with E-state index in [9.17, 15) is 29.4 Å². The topological polar surface area (TPSA) is 136 Å². The van der Waals surface area contributed by atoms with Crippen LogP contribution in [-0.4, -0.2) is 34.1 Å². The van der Waals surface area contributed by atoms with Gasteiger partial charge in [0.2, 0.25) is 0 Å². The molecule has 9 aromatic carbocycles. The normalized spacial score (nSPS) is 10.6. The number of carboxylic acids is 1. The van der Waals surface area contributed by atoms with Crippen molar-refractivity contribution in [2.75, 3.05) is 0 Å². The van der Waals surface area contributed by atoms with Crippen molar-refractivity contribution in [3.63, 3.8) is 0 Å². The lowest BCUT2D eigenvalue weighted by Gasteiger charge is -2.14. The van der Waals surface area contributed by atoms with Crippen LogP contribution < -0.4 is 0 Å². The molecule has 0 aromatic heterocycles. The molecule has 0 saturated heterocycles. The van der Waals surface area contributed by atoms with Crippen molar-refractivity contribution in [2.24, 2.45) is 0 Å². The number of rotatable bonds is 10. The van der Waals surface area contributed by atoms with E-state index >= 15 is 0 Å². The Balaban J connectivity index is 0.000000144. The van der Waals surface area contributed by atoms with Gasteiger partial charge in [0.1, 0.15) is 25.6 Å². The van der Waals surface area contributed by atoms with Crippen LogP contribution in [0.15, 0.2) is 190 Å². The Morgan fingerprint density at radius 3 is 1.00 bits per heavy atom. The summed E-state index contributed by atoms with van der Waals surface area (Å²) in [5, 5.41) is 30.6. The number of carboxylic acid groups (broad SMARTS) is 1. The van der Waals surface area contributed by atoms with E-state index in [1.54, 1.807) is 24.3 Å². The largest absolute Gasteiger partial charge is 0.507 e. The van der Waals surface area contributed by atoms with Gasteiger partial charge in [-0.3, -0.25) is 0 Å². The number of ether oxygens (including phenoxy) is 3. The zero-order valence-electron chi connectivity index (χ0n) is 34.7. The van der Waals surface area contributed by atoms with Crippen LogP contribution in [0.5, 0.6) is 5.75 Å². The predicted molar refractivity (Wildman–Crippen MR) is 253 cm³/mol. The van der Waals surface area contributed by atoms with Crippen molar-refractivity contribution in [3.05, 3.63) is 212 Å². The molecule has 9 aromatic rings. The number of hydrogen-bond donors (Lipinski definition) is 2. The lowest BCUT2D eigenvalue weighted by atomic mass is 9.92. The molecular formula is C55H42O9. The zero-order valence-corrected chi connectivity index (χ0v) is 34.7. The monoisotopic (exact) mass is 846 g/mol. The van der Waals surface area contributed by atoms with Crippen LogP contribution in [0.3, 0.4) is 0 Å². The molecule has 9 rings (SSSR count). The van der Waals surface area contributed by atoms with Gasteiger partial charge >= 0.3 is 23.9 Å². The molecule has 0 amide bonds. The third-order valence-electron chi connectivity index (χ3n) is 10.7. The second kappa shape index (κ2) is 19.9. The second-order valence-corrected chi connectivity index (χ2v) is 14.4. The average Bonchev–Trinajstić information content (AvgIpc) is 3.34. The van der Waals surface area contributed by atoms with E-state index in [1.165, 1.54) is 6.08 Å². The molecule has 0 radical (unpaired) electrons. The smallest absolute Gasteiger partial charge is 0.336 e. The van der Waals surface area contributed by atoms with Crippen LogP contribution in [0.4, 0.5) is 0 Å². The Bertz CT molecular complexity index is 3120. The van der Waals surface area contributed by atoms with Crippen molar-refractivity contribution >= 4 is 88.5 Å². The third kappa shape index (κ3) is 9.19. The van der Waals surface area contributed by atoms with Gasteiger partial charge in [0.05, 0.1) is 5.56 Å². The van der Waals surface area contributed by atoms with Crippen molar-refractivity contribution in [1.29, 1.82) is 0 Å². The summed E-state index contributed by atoms with van der Waals surface area (Å²) in [6.45, 7) is 10.7. The summed E-state index contributed by atoms with van der Waals surface area (Å²) >= 11 is 0. The molecule has 64 heavy (non-hydrogen) atoms. The van der Waals surface area contributed by atoms with Crippen LogP contribution in [0, 0.1) is 0 Å². The molecule has 2 N–H and O–H groups in total. The number of aromatic carboxylic acids is 1. The highest BCUT2D eigenvalue weighted by atomic mass is 16.5. The quantitative estimate of drug-likeness (QED) is 0.0596. The molecule has 0 heterocycles. The van der Waals surface area contributed by atoms with Crippen molar-refractivity contribution in [1.82, 2.24) is 0 Å². The standard InChI is InChI=1S/C19H14O4.C18H14O3.C18H14O2/c1-2-17(20)23-11-16-12-7-3-5-9-14(12)18(19(21)22)15-10-6-4-8-13(15)16;1-2-17(19)21-11-16-12-7-3-5-9-14(12)18(20)15-10-6-4-8-13(15)16;1-2-18(19)20-12-17-15-9-5-3-7-13(15)11-14-8-4-6-10-16(14)17/h2-10H,1,11H2,(H,21,22);2-10,20H,1,11H2;2-11H,1,12H2. The first-order valence-electron chi connectivity index (χ1n) is 20.2. The molecule has 0 unspecified atom stereocenters. The van der Waals surface area contributed by atoms with E-state index in [4.69, 9.17) is 14.2 Å². The third-order valence-corrected chi connectivity index (χ3v) is 10.7. The maximum Gasteiger partial charge on any atom is 0.336 e. The summed E-state index contributed by atoms with van der Waals surface area (Å²) in [6.07, 6.45) is 3.44. The van der Waals surface area contributed by atoms with E-state index in [2.05, 4.69) is 50.1 Å². The Hall–Kier alpha value is -8.56. The first kappa shape index (κ1) is 43.5. The minimum atomic E-state index is -0.980. The van der Waals surface area contributed by atoms with E-state index in [0.717, 1.165) is 82.7 Å². The SMILES string of the molecule is C=CC(=O)OCc1c2ccccc2c(C(=O)O)c2ccccc12.C=CC(=O)OCc1c2ccccc2c(O)c2ccccc12.C=CC(=O)OCc1c2ccccc2cc2ccccc12. The van der Waals surface area contributed by atoms with E-state index < -0.39 is 23.9 Å². The Morgan fingerprint density at radius 2 is 0.672 bits per heavy atom. The van der Waals surface area contributed by atoms with Gasteiger partial charge in [0, 0.05) is 45.7 Å². The summed E-state index contributed by atoms with van der Waals surface area (Å²) in [4.78, 5) is 45.8. The number of carbonyl (C=O) groups is 4. The van der Waals surface area contributed by atoms with Crippen LogP contribution in [0.2, 0.25) is 0 Å². The number of phenols is 1. The maximum absolute atomic E-state index is 11.8. The number of phenolic OH excluding ortho intramolecular Hbond substituents is 1. The number of aromatic hydroxyl groups is 1. The van der Waals surface area contributed by atoms with Gasteiger partial charge in [-0.1, -0.05) is 165 Å². The van der Waals surface area contributed by atoms with Gasteiger partial charge in [0.15, 0.2) is 0 Å². The summed E-state index contributed by atoms with van der Waals surface area (Å²) in [5.74, 6) is -2.11. The molecule has 0 aliphatic rings. The molecule has 0 spiro atoms. The zero-order chi connectivity index (χ0) is 45.2. The minimum absolute atomic E-state index is 0.0613. The highest BCUT2D eigenvalue weighted by Gasteiger charge is 2.19. The van der Waals surface area contributed by atoms with Crippen LogP contribution >= 0.6 is 0 Å². The first-order chi connectivity index (χ1) is 31.1. The molecule has 0 aliphatic heterocycles. The van der Waals surface area contributed by atoms with E-state index in [-0.39, 0.29) is 31.1 Å². The Morgan fingerprint density at radius 1 is 0.406 bits per heavy atom. The number of esters is 3. The molecular weight excluding hydrogens is 805 g/mol. The number of benzene rings is 9. The van der Waals surface area contributed by atoms with Crippen LogP contribution in [0.25, 0.3) is 64.6 Å². The molecule has 0 fully saturated rings. The molecule has 0 bridgehead atoms. The first-order valence-corrected chi connectivity index (χ1v) is 20.2. The lowest BCUT2D eigenvalue weighted by molar-refractivity contribution is -0.139. The molecule has 316 valence electrons. The number of hydrogen-bond acceptors (Lipinski definition) is 8. The summed E-state index contributed by atoms with van der Waals surface area (Å²) in [5.41, 5.74) is 2.97. The van der Waals surface area contributed by atoms with Gasteiger partial charge in [-0.05, 0) is 59.9 Å². The van der Waals surface area contributed by atoms with E-state index in [1.807, 2.05) is 97.1 Å². The predicted octanol–water partition coefficient (Wildman–Crippen LogP) is 12.1. The summed E-state index contributed by atoms with van der Waals surface area (Å²) < 4.78 is 15.6. The minimum Gasteiger partial charge on any atom is -0.507 e. The number of carbonyl (C=O) groups excluding carboxylic acids is 3. The van der Waals surface area contributed by atoms with Gasteiger partial charge in [-0.2, -0.15) is 0 Å². The highest BCUT2D eigenvalue weighted by Crippen LogP contribution is 2.38. The fourth-order valence-electron chi connectivity index (χ4n) is 7.83. The van der Waals surface area contributed by atoms with Gasteiger partial charge in [-0.15, -0.1) is 0 Å².